The summed E-state index contributed by atoms with van der Waals surface area (Å²) in [5.41, 5.74) is 9.02. The van der Waals surface area contributed by atoms with Crippen LogP contribution in [0.4, 0.5) is 0 Å². The molecule has 6 rings (SSSR count). The molecule has 5 aromatic carbocycles. The molecule has 0 spiro atoms. The van der Waals surface area contributed by atoms with E-state index in [1.165, 1.54) is 65.9 Å². The zero-order valence-corrected chi connectivity index (χ0v) is 38.2. The second kappa shape index (κ2) is 15.9. The Morgan fingerprint density at radius 2 is 1.20 bits per heavy atom. The first-order valence-electron chi connectivity index (χ1n) is 17.6. The number of fused-ring (bicyclic) bond motifs is 3. The number of hydrogen-bond acceptors (Lipinski definition) is 0. The van der Waals surface area contributed by atoms with Gasteiger partial charge in [0.2, 0.25) is 0 Å². The molecular weight excluding hydrogens is 759 g/mol. The van der Waals surface area contributed by atoms with Gasteiger partial charge in [-0.15, -0.1) is 33.7 Å². The fraction of sp³-hybridized carbons (Fsp3) is 0.333. The SMILES string of the molecule is CC(C)(C)c1ccc2c(c1)[cH-]c1c(C3=CC=CC3)c(C(C)(C)C)c([Si](C)(C)C)c([Si](C)(C)C)c12.[Cl-].[Cl-].[Zr+2]=[C](c1ccccc1)c1ccccc1. The molecule has 0 unspecified atom stereocenters. The monoisotopic (exact) mass is 811 g/mol. The Labute approximate surface area is 332 Å². The second-order valence-corrected chi connectivity index (χ2v) is 28.9. The van der Waals surface area contributed by atoms with E-state index in [4.69, 9.17) is 0 Å². The Bertz CT molecular complexity index is 1980. The van der Waals surface area contributed by atoms with E-state index >= 15 is 0 Å². The molecule has 0 N–H and O–H groups in total. The van der Waals surface area contributed by atoms with Crippen molar-refractivity contribution in [3.8, 4) is 0 Å². The van der Waals surface area contributed by atoms with Gasteiger partial charge in [-0.3, -0.25) is 0 Å². The summed E-state index contributed by atoms with van der Waals surface area (Å²) in [6.07, 6.45) is 8.01. The summed E-state index contributed by atoms with van der Waals surface area (Å²) in [7, 11) is -3.31. The maximum absolute atomic E-state index is 2.57. The van der Waals surface area contributed by atoms with Crippen molar-refractivity contribution >= 4 is 56.8 Å². The van der Waals surface area contributed by atoms with Crippen molar-refractivity contribution in [2.24, 2.45) is 0 Å². The van der Waals surface area contributed by atoms with Crippen LogP contribution in [0.3, 0.4) is 0 Å². The molecular formula is C45H55Cl2Si2Zr-. The number of allylic oxidation sites excluding steroid dienone is 4. The van der Waals surface area contributed by atoms with Crippen LogP contribution < -0.4 is 35.2 Å². The van der Waals surface area contributed by atoms with Crippen LogP contribution in [0.1, 0.15) is 75.8 Å². The molecule has 0 atom stereocenters. The van der Waals surface area contributed by atoms with Crippen LogP contribution in [0.5, 0.6) is 0 Å². The van der Waals surface area contributed by atoms with E-state index in [-0.39, 0.29) is 35.6 Å². The van der Waals surface area contributed by atoms with E-state index in [0.29, 0.717) is 0 Å². The fourth-order valence-corrected chi connectivity index (χ4v) is 14.4. The van der Waals surface area contributed by atoms with Crippen molar-refractivity contribution in [1.29, 1.82) is 0 Å². The third kappa shape index (κ3) is 8.95. The van der Waals surface area contributed by atoms with E-state index in [0.717, 1.165) is 6.42 Å². The van der Waals surface area contributed by atoms with Crippen LogP contribution in [-0.4, -0.2) is 19.4 Å². The zero-order valence-electron chi connectivity index (χ0n) is 32.3. The molecule has 5 heteroatoms. The first kappa shape index (κ1) is 42.4. The minimum absolute atomic E-state index is 0. The van der Waals surface area contributed by atoms with Crippen LogP contribution in [0.2, 0.25) is 39.3 Å². The molecule has 0 aliphatic heterocycles. The summed E-state index contributed by atoms with van der Waals surface area (Å²) in [6, 6.07) is 30.9. The molecule has 1 aliphatic carbocycles. The van der Waals surface area contributed by atoms with Crippen molar-refractivity contribution < 1.29 is 49.0 Å². The quantitative estimate of drug-likeness (QED) is 0.162. The molecule has 0 nitrogen and oxygen atoms in total. The molecule has 262 valence electrons. The molecule has 0 heterocycles. The molecule has 50 heavy (non-hydrogen) atoms. The van der Waals surface area contributed by atoms with Gasteiger partial charge in [-0.25, -0.2) is 0 Å². The van der Waals surface area contributed by atoms with E-state index in [1.54, 1.807) is 26.9 Å². The van der Waals surface area contributed by atoms with Gasteiger partial charge in [0, 0.05) is 0 Å². The molecule has 0 bridgehead atoms. The summed E-state index contributed by atoms with van der Waals surface area (Å²) in [4.78, 5) is 0. The van der Waals surface area contributed by atoms with Crippen LogP contribution in [0, 0.1) is 0 Å². The summed E-state index contributed by atoms with van der Waals surface area (Å²) < 4.78 is 1.42. The minimum atomic E-state index is -1.66. The van der Waals surface area contributed by atoms with Gasteiger partial charge in [-0.05, 0) is 17.3 Å². The molecule has 0 amide bonds. The van der Waals surface area contributed by atoms with Gasteiger partial charge in [-0.2, -0.15) is 0 Å². The molecule has 0 radical (unpaired) electrons. The van der Waals surface area contributed by atoms with Crippen molar-refractivity contribution in [1.82, 2.24) is 0 Å². The maximum atomic E-state index is 2.57. The number of halogens is 2. The third-order valence-corrected chi connectivity index (χ3v) is 15.2. The van der Waals surface area contributed by atoms with Crippen LogP contribution >= 0.6 is 0 Å². The number of hydrogen-bond donors (Lipinski definition) is 0. The molecule has 0 aromatic heterocycles. The van der Waals surface area contributed by atoms with Gasteiger partial charge < -0.3 is 24.8 Å². The Kier molecular flexibility index (Phi) is 13.5. The topological polar surface area (TPSA) is 0 Å². The van der Waals surface area contributed by atoms with E-state index in [2.05, 4.69) is 184 Å². The molecule has 0 saturated carbocycles. The number of benzene rings is 4. The van der Waals surface area contributed by atoms with Crippen LogP contribution in [-0.2, 0) is 35.1 Å². The van der Waals surface area contributed by atoms with Gasteiger partial charge in [0.25, 0.3) is 0 Å². The van der Waals surface area contributed by atoms with Gasteiger partial charge in [0.05, 0.1) is 16.1 Å². The van der Waals surface area contributed by atoms with Crippen molar-refractivity contribution in [2.45, 2.75) is 98.1 Å². The molecule has 0 saturated heterocycles. The van der Waals surface area contributed by atoms with Gasteiger partial charge in [0.1, 0.15) is 0 Å². The molecule has 1 aliphatic rings. The zero-order chi connectivity index (χ0) is 35.2. The predicted molar refractivity (Wildman–Crippen MR) is 218 cm³/mol. The van der Waals surface area contributed by atoms with Crippen molar-refractivity contribution in [3.05, 3.63) is 131 Å². The average Bonchev–Trinajstić information content (AvgIpc) is 3.67. The molecule has 5 aromatic rings. The Morgan fingerprint density at radius 3 is 1.62 bits per heavy atom. The fourth-order valence-electron chi connectivity index (χ4n) is 7.32. The first-order chi connectivity index (χ1) is 22.3. The van der Waals surface area contributed by atoms with E-state index in [9.17, 15) is 0 Å². The number of rotatable bonds is 5. The summed E-state index contributed by atoms with van der Waals surface area (Å²) >= 11 is 1.46. The standard InChI is InChI=1S/C32H45Si2.C13H10.2ClH.Zr/c1-31(2,3)23-17-18-24-22(19-23)20-25-26(21-15-13-14-16-21)28(32(4,5)6)30(34(10,11)12)29(27(24)25)33(7,8)9;1-3-7-12(8-4-1)11-13-9-5-2-6-10-13;;;/h13-15,17-20H,16H2,1-12H3;1-10H;2*1H;/q-1;;;;+2/p-2. The molecule has 0 fully saturated rings. The van der Waals surface area contributed by atoms with Crippen LogP contribution in [0.15, 0.2) is 103 Å². The average molecular weight is 814 g/mol. The third-order valence-electron chi connectivity index (χ3n) is 9.49. The Balaban J connectivity index is 0.000000355. The first-order valence-corrected chi connectivity index (χ1v) is 25.8. The van der Waals surface area contributed by atoms with Gasteiger partial charge in [0.15, 0.2) is 0 Å². The Morgan fingerprint density at radius 1 is 0.680 bits per heavy atom. The predicted octanol–water partition coefficient (Wildman–Crippen LogP) is 5.55. The normalized spacial score (nSPS) is 13.4. The second-order valence-electron chi connectivity index (χ2n) is 17.7. The Hall–Kier alpha value is -2.00. The van der Waals surface area contributed by atoms with E-state index in [1.807, 2.05) is 0 Å². The van der Waals surface area contributed by atoms with Crippen molar-refractivity contribution in [2.75, 3.05) is 0 Å². The van der Waals surface area contributed by atoms with Gasteiger partial charge in [-0.1, -0.05) is 144 Å². The van der Waals surface area contributed by atoms with Gasteiger partial charge >= 0.3 is 99.2 Å². The van der Waals surface area contributed by atoms with Crippen LogP contribution in [0.25, 0.3) is 27.1 Å². The summed E-state index contributed by atoms with van der Waals surface area (Å²) in [5, 5.41) is 9.45. The summed E-state index contributed by atoms with van der Waals surface area (Å²) in [6.45, 7) is 29.7. The van der Waals surface area contributed by atoms with Crippen molar-refractivity contribution in [3.63, 3.8) is 0 Å². The summed E-state index contributed by atoms with van der Waals surface area (Å²) in [5.74, 6) is 0. The van der Waals surface area contributed by atoms with E-state index < -0.39 is 16.1 Å².